The van der Waals surface area contributed by atoms with Crippen LogP contribution in [0.3, 0.4) is 0 Å². The fourth-order valence-corrected chi connectivity index (χ4v) is 11.5. The van der Waals surface area contributed by atoms with Gasteiger partial charge in [0.05, 0.1) is 5.41 Å². The molecule has 67 heavy (non-hydrogen) atoms. The second-order valence-corrected chi connectivity index (χ2v) is 17.9. The second-order valence-electron chi connectivity index (χ2n) is 17.9. The van der Waals surface area contributed by atoms with Crippen molar-refractivity contribution in [2.24, 2.45) is 0 Å². The Labute approximate surface area is 392 Å². The Balaban J connectivity index is 0.965. The van der Waals surface area contributed by atoms with E-state index < -0.39 is 5.41 Å². The highest BCUT2D eigenvalue weighted by Crippen LogP contribution is 2.57. The van der Waals surface area contributed by atoms with E-state index in [1.807, 2.05) is 0 Å². The molecule has 1 unspecified atom stereocenters. The molecule has 1 nitrogen and oxygen atoms in total. The maximum atomic E-state index is 2.46. The Hall–Kier alpha value is -8.52. The van der Waals surface area contributed by atoms with Crippen molar-refractivity contribution in [3.63, 3.8) is 0 Å². The van der Waals surface area contributed by atoms with Crippen molar-refractivity contribution < 1.29 is 0 Å². The van der Waals surface area contributed by atoms with E-state index >= 15 is 0 Å². The lowest BCUT2D eigenvalue weighted by atomic mass is 9.67. The maximum Gasteiger partial charge on any atom is 0.0714 e. The molecule has 1 heteroatoms. The van der Waals surface area contributed by atoms with Crippen LogP contribution in [0.2, 0.25) is 0 Å². The lowest BCUT2D eigenvalue weighted by molar-refractivity contribution is 0.768. The first-order valence-corrected chi connectivity index (χ1v) is 23.4. The van der Waals surface area contributed by atoms with Crippen molar-refractivity contribution in [3.8, 4) is 44.5 Å². The third-order valence-electron chi connectivity index (χ3n) is 14.4. The molecule has 2 aliphatic carbocycles. The van der Waals surface area contributed by atoms with E-state index in [0.29, 0.717) is 0 Å². The van der Waals surface area contributed by atoms with E-state index in [9.17, 15) is 0 Å². The highest BCUT2D eigenvalue weighted by Gasteiger charge is 2.46. The van der Waals surface area contributed by atoms with Crippen LogP contribution in [0, 0.1) is 0 Å². The van der Waals surface area contributed by atoms with Gasteiger partial charge in [-0.1, -0.05) is 224 Å². The van der Waals surface area contributed by atoms with Gasteiger partial charge < -0.3 is 4.90 Å². The third kappa shape index (κ3) is 6.23. The molecule has 0 radical (unpaired) electrons. The van der Waals surface area contributed by atoms with Gasteiger partial charge in [0.1, 0.15) is 0 Å². The van der Waals surface area contributed by atoms with Gasteiger partial charge in [-0.25, -0.2) is 0 Å². The number of hydrogen-bond donors (Lipinski definition) is 0. The number of rotatable bonds is 8. The van der Waals surface area contributed by atoms with Crippen molar-refractivity contribution in [3.05, 3.63) is 306 Å². The van der Waals surface area contributed by atoms with Gasteiger partial charge in [0, 0.05) is 23.0 Å². The van der Waals surface area contributed by atoms with E-state index in [1.165, 1.54) is 94.2 Å². The van der Waals surface area contributed by atoms with Crippen LogP contribution in [0.4, 0.5) is 17.1 Å². The Kier molecular flexibility index (Phi) is 9.21. The third-order valence-corrected chi connectivity index (χ3v) is 14.4. The molecule has 11 aromatic carbocycles. The van der Waals surface area contributed by atoms with Gasteiger partial charge in [-0.2, -0.15) is 0 Å². The van der Waals surface area contributed by atoms with Crippen LogP contribution < -0.4 is 4.90 Å². The average molecular weight is 852 g/mol. The summed E-state index contributed by atoms with van der Waals surface area (Å²) in [5, 5.41) is 2.61. The zero-order valence-corrected chi connectivity index (χ0v) is 36.9. The number of hydrogen-bond acceptors (Lipinski definition) is 1. The summed E-state index contributed by atoms with van der Waals surface area (Å²) in [5.41, 5.74) is 21.9. The van der Waals surface area contributed by atoms with E-state index in [2.05, 4.69) is 272 Å². The maximum absolute atomic E-state index is 2.46. The second kappa shape index (κ2) is 15.9. The molecular formula is C66H45N. The molecule has 0 aliphatic heterocycles. The van der Waals surface area contributed by atoms with Gasteiger partial charge in [-0.05, 0) is 137 Å². The van der Waals surface area contributed by atoms with Crippen molar-refractivity contribution in [1.29, 1.82) is 0 Å². The zero-order valence-electron chi connectivity index (χ0n) is 36.9. The van der Waals surface area contributed by atoms with Crippen molar-refractivity contribution in [1.82, 2.24) is 0 Å². The Morgan fingerprint density at radius 2 is 0.866 bits per heavy atom. The number of anilines is 3. The molecule has 0 fully saturated rings. The molecule has 0 bridgehead atoms. The SMILES string of the molecule is c1ccc(-c2cccc(N(c3ccc(-c4ccc5c(c4)-c4ccc6ccccc6c4C5c4ccccc4)cc3)c3ccc4c(c3)C(c3ccccc3)(c3ccccc3)c3ccccc3-4)c2)cc1. The van der Waals surface area contributed by atoms with Crippen molar-refractivity contribution in [2.45, 2.75) is 11.3 Å². The molecule has 0 N–H and O–H groups in total. The van der Waals surface area contributed by atoms with Gasteiger partial charge in [0.25, 0.3) is 0 Å². The molecule has 0 heterocycles. The molecule has 11 aromatic rings. The molecule has 0 amide bonds. The fraction of sp³-hybridized carbons (Fsp3) is 0.0303. The summed E-state index contributed by atoms with van der Waals surface area (Å²) in [6.07, 6.45) is 0. The first-order valence-electron chi connectivity index (χ1n) is 23.4. The summed E-state index contributed by atoms with van der Waals surface area (Å²) in [7, 11) is 0. The van der Waals surface area contributed by atoms with Crippen LogP contribution in [0.15, 0.2) is 267 Å². The summed E-state index contributed by atoms with van der Waals surface area (Å²) in [5.74, 6) is 0.177. The Morgan fingerprint density at radius 1 is 0.313 bits per heavy atom. The molecule has 13 rings (SSSR count). The number of fused-ring (bicyclic) bond motifs is 8. The van der Waals surface area contributed by atoms with E-state index in [-0.39, 0.29) is 5.92 Å². The van der Waals surface area contributed by atoms with Gasteiger partial charge in [0.2, 0.25) is 0 Å². The standard InChI is InChI=1S/C66H45N/c1-5-18-45(19-6-1)49-23-17-28-54(42-49)67(55-38-41-58-57-30-15-16-31-62(57)66(63(58)44-55,51-24-9-3-10-25-51)52-26-11-4-12-27-52)53-36-32-46(33-37-53)50-35-40-59-61(43-50)60-39-34-47-20-13-14-29-56(47)65(60)64(59)48-21-7-2-8-22-48/h1-44,64H. The molecule has 2 aliphatic rings. The first-order chi connectivity index (χ1) is 33.2. The summed E-state index contributed by atoms with van der Waals surface area (Å²) in [4.78, 5) is 2.44. The van der Waals surface area contributed by atoms with E-state index in [0.717, 1.165) is 17.1 Å². The minimum absolute atomic E-state index is 0.177. The highest BCUT2D eigenvalue weighted by atomic mass is 15.1. The predicted molar refractivity (Wildman–Crippen MR) is 280 cm³/mol. The molecule has 0 saturated carbocycles. The predicted octanol–water partition coefficient (Wildman–Crippen LogP) is 17.2. The molecule has 0 spiro atoms. The van der Waals surface area contributed by atoms with Gasteiger partial charge in [-0.3, -0.25) is 0 Å². The normalized spacial score (nSPS) is 13.9. The van der Waals surface area contributed by atoms with Crippen molar-refractivity contribution >= 4 is 27.8 Å². The Morgan fingerprint density at radius 3 is 1.63 bits per heavy atom. The van der Waals surface area contributed by atoms with E-state index in [4.69, 9.17) is 0 Å². The van der Waals surface area contributed by atoms with Crippen LogP contribution >= 0.6 is 0 Å². The summed E-state index contributed by atoms with van der Waals surface area (Å²) in [6.45, 7) is 0. The minimum atomic E-state index is -0.510. The first kappa shape index (κ1) is 38.9. The van der Waals surface area contributed by atoms with Crippen LogP contribution in [-0.4, -0.2) is 0 Å². The van der Waals surface area contributed by atoms with Crippen LogP contribution in [-0.2, 0) is 5.41 Å². The smallest absolute Gasteiger partial charge is 0.0714 e. The lowest BCUT2D eigenvalue weighted by Crippen LogP contribution is -2.28. The number of benzene rings is 11. The van der Waals surface area contributed by atoms with E-state index in [1.54, 1.807) is 0 Å². The van der Waals surface area contributed by atoms with Crippen LogP contribution in [0.25, 0.3) is 55.3 Å². The fourth-order valence-electron chi connectivity index (χ4n) is 11.5. The molecule has 0 saturated heterocycles. The summed E-state index contributed by atoms with van der Waals surface area (Å²) < 4.78 is 0. The molecule has 0 aromatic heterocycles. The molecule has 1 atom stereocenters. The van der Waals surface area contributed by atoms with Crippen LogP contribution in [0.1, 0.15) is 44.9 Å². The monoisotopic (exact) mass is 851 g/mol. The topological polar surface area (TPSA) is 3.24 Å². The quantitative estimate of drug-likeness (QED) is 0.147. The summed E-state index contributed by atoms with van der Waals surface area (Å²) >= 11 is 0. The molecule has 314 valence electrons. The average Bonchev–Trinajstić information content (AvgIpc) is 3.90. The Bertz CT molecular complexity index is 3570. The van der Waals surface area contributed by atoms with Gasteiger partial charge in [-0.15, -0.1) is 0 Å². The summed E-state index contributed by atoms with van der Waals surface area (Å²) in [6, 6.07) is 98.8. The minimum Gasteiger partial charge on any atom is -0.310 e. The largest absolute Gasteiger partial charge is 0.310 e. The highest BCUT2D eigenvalue weighted by molar-refractivity contribution is 5.98. The van der Waals surface area contributed by atoms with Gasteiger partial charge >= 0.3 is 0 Å². The van der Waals surface area contributed by atoms with Gasteiger partial charge in [0.15, 0.2) is 0 Å². The zero-order chi connectivity index (χ0) is 44.3. The number of nitrogens with zero attached hydrogens (tertiary/aromatic N) is 1. The molecular weight excluding hydrogens is 807 g/mol. The van der Waals surface area contributed by atoms with Crippen molar-refractivity contribution in [2.75, 3.05) is 4.90 Å². The lowest BCUT2D eigenvalue weighted by Gasteiger charge is -2.35. The van der Waals surface area contributed by atoms with Crippen LogP contribution in [0.5, 0.6) is 0 Å².